The lowest BCUT2D eigenvalue weighted by molar-refractivity contribution is 0.280. The van der Waals surface area contributed by atoms with Crippen LogP contribution in [0.4, 0.5) is 0 Å². The molecule has 134 valence electrons. The Morgan fingerprint density at radius 3 is 2.38 bits per heavy atom. The Labute approximate surface area is 159 Å². The summed E-state index contributed by atoms with van der Waals surface area (Å²) in [5.74, 6) is 1.49. The number of benzene rings is 3. The minimum absolute atomic E-state index is 0.437. The van der Waals surface area contributed by atoms with Crippen LogP contribution in [0.3, 0.4) is 0 Å². The molecule has 0 aromatic heterocycles. The van der Waals surface area contributed by atoms with E-state index in [0.717, 1.165) is 29.2 Å². The van der Waals surface area contributed by atoms with Gasteiger partial charge in [-0.3, -0.25) is 0 Å². The fraction of sp³-hybridized carbons (Fsp3) is 0.182. The van der Waals surface area contributed by atoms with Gasteiger partial charge in [0.1, 0.15) is 6.61 Å². The summed E-state index contributed by atoms with van der Waals surface area (Å²) in [5, 5.41) is 4.16. The highest BCUT2D eigenvalue weighted by atomic mass is 35.5. The number of hydrogen-bond acceptors (Lipinski definition) is 3. The van der Waals surface area contributed by atoms with E-state index in [4.69, 9.17) is 21.1 Å². The highest BCUT2D eigenvalue weighted by Crippen LogP contribution is 2.32. The first-order chi connectivity index (χ1) is 12.8. The maximum Gasteiger partial charge on any atom is 0.166 e. The van der Waals surface area contributed by atoms with Crippen molar-refractivity contribution in [3.05, 3.63) is 94.5 Å². The highest BCUT2D eigenvalue weighted by molar-refractivity contribution is 6.30. The van der Waals surface area contributed by atoms with Crippen LogP contribution in [0.1, 0.15) is 16.7 Å². The maximum absolute atomic E-state index is 6.08. The predicted octanol–water partition coefficient (Wildman–Crippen LogP) is 5.22. The lowest BCUT2D eigenvalue weighted by Crippen LogP contribution is -2.14. The van der Waals surface area contributed by atoms with Gasteiger partial charge in [-0.25, -0.2) is 0 Å². The summed E-state index contributed by atoms with van der Waals surface area (Å²) in [6.45, 7) is 1.93. The Morgan fingerprint density at radius 1 is 0.846 bits per heavy atom. The summed E-state index contributed by atoms with van der Waals surface area (Å²) < 4.78 is 11.6. The SMILES string of the molecule is COc1cccc(CNCc2ccccc2)c1OCc1cccc(Cl)c1. The van der Waals surface area contributed by atoms with Gasteiger partial charge in [0.15, 0.2) is 11.5 Å². The molecule has 0 aliphatic rings. The average molecular weight is 368 g/mol. The molecule has 3 aromatic rings. The van der Waals surface area contributed by atoms with Gasteiger partial charge in [0.25, 0.3) is 0 Å². The number of methoxy groups -OCH3 is 1. The number of rotatable bonds is 8. The minimum atomic E-state index is 0.437. The second-order valence-corrected chi connectivity index (χ2v) is 6.39. The summed E-state index contributed by atoms with van der Waals surface area (Å²) in [7, 11) is 1.66. The minimum Gasteiger partial charge on any atom is -0.493 e. The summed E-state index contributed by atoms with van der Waals surface area (Å²) in [4.78, 5) is 0. The molecule has 0 bridgehead atoms. The van der Waals surface area contributed by atoms with Crippen molar-refractivity contribution in [3.8, 4) is 11.5 Å². The summed E-state index contributed by atoms with van der Waals surface area (Å²) in [6, 6.07) is 23.9. The standard InChI is InChI=1S/C22H22ClNO2/c1-25-21-12-6-10-19(15-24-14-17-7-3-2-4-8-17)22(21)26-16-18-9-5-11-20(23)13-18/h2-13,24H,14-16H2,1H3. The third-order valence-corrected chi connectivity index (χ3v) is 4.28. The quantitative estimate of drug-likeness (QED) is 0.592. The zero-order chi connectivity index (χ0) is 18.2. The van der Waals surface area contributed by atoms with Crippen LogP contribution in [0.5, 0.6) is 11.5 Å². The van der Waals surface area contributed by atoms with E-state index in [1.165, 1.54) is 5.56 Å². The van der Waals surface area contributed by atoms with Crippen LogP contribution in [-0.2, 0) is 19.7 Å². The van der Waals surface area contributed by atoms with Gasteiger partial charge in [-0.15, -0.1) is 0 Å². The smallest absolute Gasteiger partial charge is 0.166 e. The molecule has 0 atom stereocenters. The number of ether oxygens (including phenoxy) is 2. The molecule has 0 spiro atoms. The van der Waals surface area contributed by atoms with Crippen LogP contribution in [0.25, 0.3) is 0 Å². The lowest BCUT2D eigenvalue weighted by Gasteiger charge is -2.16. The van der Waals surface area contributed by atoms with E-state index in [0.29, 0.717) is 18.2 Å². The topological polar surface area (TPSA) is 30.5 Å². The molecule has 0 aliphatic carbocycles. The first-order valence-electron chi connectivity index (χ1n) is 8.54. The van der Waals surface area contributed by atoms with Crippen LogP contribution < -0.4 is 14.8 Å². The van der Waals surface area contributed by atoms with E-state index in [2.05, 4.69) is 17.4 Å². The molecule has 4 heteroatoms. The Morgan fingerprint density at radius 2 is 1.62 bits per heavy atom. The van der Waals surface area contributed by atoms with Gasteiger partial charge in [0, 0.05) is 23.7 Å². The number of para-hydroxylation sites is 1. The number of nitrogens with one attached hydrogen (secondary N) is 1. The largest absolute Gasteiger partial charge is 0.493 e. The number of hydrogen-bond donors (Lipinski definition) is 1. The van der Waals surface area contributed by atoms with Crippen molar-refractivity contribution in [3.63, 3.8) is 0 Å². The molecule has 1 N–H and O–H groups in total. The van der Waals surface area contributed by atoms with Gasteiger partial charge in [-0.1, -0.05) is 66.2 Å². The van der Waals surface area contributed by atoms with E-state index < -0.39 is 0 Å². The van der Waals surface area contributed by atoms with E-state index in [1.807, 2.05) is 60.7 Å². The highest BCUT2D eigenvalue weighted by Gasteiger charge is 2.11. The number of halogens is 1. The van der Waals surface area contributed by atoms with Gasteiger partial charge in [0.05, 0.1) is 7.11 Å². The Hall–Kier alpha value is -2.49. The van der Waals surface area contributed by atoms with E-state index >= 15 is 0 Å². The zero-order valence-corrected chi connectivity index (χ0v) is 15.5. The molecule has 0 saturated heterocycles. The van der Waals surface area contributed by atoms with Crippen LogP contribution in [-0.4, -0.2) is 7.11 Å². The average Bonchev–Trinajstić information content (AvgIpc) is 2.67. The summed E-state index contributed by atoms with van der Waals surface area (Å²) in [5.41, 5.74) is 3.32. The molecule has 3 rings (SSSR count). The van der Waals surface area contributed by atoms with Crippen molar-refractivity contribution < 1.29 is 9.47 Å². The normalized spacial score (nSPS) is 10.5. The molecule has 3 nitrogen and oxygen atoms in total. The van der Waals surface area contributed by atoms with E-state index in [1.54, 1.807) is 7.11 Å². The predicted molar refractivity (Wildman–Crippen MR) is 106 cm³/mol. The van der Waals surface area contributed by atoms with Crippen LogP contribution in [0.15, 0.2) is 72.8 Å². The van der Waals surface area contributed by atoms with Crippen LogP contribution in [0, 0.1) is 0 Å². The van der Waals surface area contributed by atoms with E-state index in [-0.39, 0.29) is 0 Å². The zero-order valence-electron chi connectivity index (χ0n) is 14.7. The molecule has 0 radical (unpaired) electrons. The molecule has 3 aromatic carbocycles. The lowest BCUT2D eigenvalue weighted by atomic mass is 10.1. The fourth-order valence-corrected chi connectivity index (χ4v) is 2.96. The van der Waals surface area contributed by atoms with Crippen molar-refractivity contribution in [1.29, 1.82) is 0 Å². The molecule has 0 saturated carbocycles. The van der Waals surface area contributed by atoms with Crippen molar-refractivity contribution >= 4 is 11.6 Å². The van der Waals surface area contributed by atoms with E-state index in [9.17, 15) is 0 Å². The molecule has 0 heterocycles. The van der Waals surface area contributed by atoms with Gasteiger partial charge < -0.3 is 14.8 Å². The van der Waals surface area contributed by atoms with Gasteiger partial charge >= 0.3 is 0 Å². The first-order valence-corrected chi connectivity index (χ1v) is 8.92. The first kappa shape index (κ1) is 18.3. The molecule has 0 unspecified atom stereocenters. The molecule has 26 heavy (non-hydrogen) atoms. The van der Waals surface area contributed by atoms with Crippen molar-refractivity contribution in [2.75, 3.05) is 7.11 Å². The molecule has 0 amide bonds. The van der Waals surface area contributed by atoms with Crippen molar-refractivity contribution in [2.24, 2.45) is 0 Å². The summed E-state index contributed by atoms with van der Waals surface area (Å²) >= 11 is 6.05. The van der Waals surface area contributed by atoms with Crippen LogP contribution >= 0.6 is 11.6 Å². The third kappa shape index (κ3) is 5.01. The molecule has 0 aliphatic heterocycles. The van der Waals surface area contributed by atoms with Crippen LogP contribution in [0.2, 0.25) is 5.02 Å². The molecular formula is C22H22ClNO2. The van der Waals surface area contributed by atoms with Gasteiger partial charge in [-0.05, 0) is 29.3 Å². The monoisotopic (exact) mass is 367 g/mol. The molecular weight excluding hydrogens is 346 g/mol. The Balaban J connectivity index is 1.69. The Kier molecular flexibility index (Phi) is 6.53. The van der Waals surface area contributed by atoms with Crippen molar-refractivity contribution in [1.82, 2.24) is 5.32 Å². The third-order valence-electron chi connectivity index (χ3n) is 4.04. The van der Waals surface area contributed by atoms with Crippen molar-refractivity contribution in [2.45, 2.75) is 19.7 Å². The Bertz CT molecular complexity index is 837. The fourth-order valence-electron chi connectivity index (χ4n) is 2.74. The molecule has 0 fully saturated rings. The summed E-state index contributed by atoms with van der Waals surface area (Å²) in [6.07, 6.45) is 0. The van der Waals surface area contributed by atoms with Gasteiger partial charge in [0.2, 0.25) is 0 Å². The second-order valence-electron chi connectivity index (χ2n) is 5.96. The maximum atomic E-state index is 6.08. The van der Waals surface area contributed by atoms with Gasteiger partial charge in [-0.2, -0.15) is 0 Å². The second kappa shape index (κ2) is 9.27.